The van der Waals surface area contributed by atoms with Gasteiger partial charge in [-0.3, -0.25) is 9.78 Å². The molecule has 0 radical (unpaired) electrons. The van der Waals surface area contributed by atoms with Gasteiger partial charge in [0.25, 0.3) is 5.56 Å². The van der Waals surface area contributed by atoms with Gasteiger partial charge in [-0.05, 0) is 35.0 Å². The number of phenolic OH excluding ortho intramolecular Hbond substituents is 1. The molecule has 3 N–H and O–H groups in total. The fourth-order valence-electron chi connectivity index (χ4n) is 1.29. The van der Waals surface area contributed by atoms with Crippen LogP contribution in [0.2, 0.25) is 0 Å². The second kappa shape index (κ2) is 6.14. The van der Waals surface area contributed by atoms with E-state index in [0.29, 0.717) is 10.0 Å². The molecule has 7 nitrogen and oxygen atoms in total. The lowest BCUT2D eigenvalue weighted by atomic mass is 10.2. The summed E-state index contributed by atoms with van der Waals surface area (Å²) >= 11 is 6.53. The highest BCUT2D eigenvalue weighted by molar-refractivity contribution is 9.11. The van der Waals surface area contributed by atoms with Crippen LogP contribution in [0.1, 0.15) is 11.3 Å². The molecule has 1 aromatic heterocycles. The fraction of sp³-hybridized carbons (Fsp3) is 0.0909. The number of anilines is 1. The van der Waals surface area contributed by atoms with Crippen LogP contribution in [0.25, 0.3) is 0 Å². The molecule has 0 saturated heterocycles. The van der Waals surface area contributed by atoms with Crippen molar-refractivity contribution in [3.63, 3.8) is 0 Å². The van der Waals surface area contributed by atoms with E-state index < -0.39 is 0 Å². The summed E-state index contributed by atoms with van der Waals surface area (Å²) in [5, 5.41) is 21.1. The summed E-state index contributed by atoms with van der Waals surface area (Å²) in [5.74, 6) is 0.174. The molecule has 0 spiro atoms. The lowest BCUT2D eigenvalue weighted by molar-refractivity contribution is 0.471. The molecule has 104 valence electrons. The Morgan fingerprint density at radius 3 is 2.85 bits per heavy atom. The summed E-state index contributed by atoms with van der Waals surface area (Å²) < 4.78 is 1.32. The molecule has 0 atom stereocenters. The van der Waals surface area contributed by atoms with E-state index in [0.717, 1.165) is 4.47 Å². The van der Waals surface area contributed by atoms with E-state index >= 15 is 0 Å². The van der Waals surface area contributed by atoms with Gasteiger partial charge in [-0.2, -0.15) is 5.10 Å². The van der Waals surface area contributed by atoms with Crippen molar-refractivity contribution in [3.05, 3.63) is 42.7 Å². The molecule has 0 fully saturated rings. The van der Waals surface area contributed by atoms with Gasteiger partial charge in [-0.15, -0.1) is 10.2 Å². The van der Waals surface area contributed by atoms with Crippen LogP contribution in [0.5, 0.6) is 5.75 Å². The second-order valence-corrected chi connectivity index (χ2v) is 5.55. The van der Waals surface area contributed by atoms with E-state index in [1.54, 1.807) is 19.1 Å². The summed E-state index contributed by atoms with van der Waals surface area (Å²) in [7, 11) is 0. The number of aromatic amines is 1. The largest absolute Gasteiger partial charge is 0.506 e. The molecule has 20 heavy (non-hydrogen) atoms. The Kier molecular flexibility index (Phi) is 4.50. The van der Waals surface area contributed by atoms with Gasteiger partial charge in [0, 0.05) is 10.0 Å². The van der Waals surface area contributed by atoms with Crippen LogP contribution >= 0.6 is 31.9 Å². The topological polar surface area (TPSA) is 103 Å². The first-order chi connectivity index (χ1) is 9.47. The lowest BCUT2D eigenvalue weighted by Crippen LogP contribution is -2.15. The molecule has 2 rings (SSSR count). The molecule has 0 unspecified atom stereocenters. The summed E-state index contributed by atoms with van der Waals surface area (Å²) in [5.41, 5.74) is 2.94. The Hall–Kier alpha value is -1.74. The molecule has 0 amide bonds. The zero-order chi connectivity index (χ0) is 14.7. The number of aromatic nitrogens is 3. The van der Waals surface area contributed by atoms with Crippen molar-refractivity contribution in [2.45, 2.75) is 6.92 Å². The molecule has 2 aromatic rings. The maximum Gasteiger partial charge on any atom is 0.274 e. The molecule has 0 aliphatic carbocycles. The van der Waals surface area contributed by atoms with E-state index in [1.165, 1.54) is 6.21 Å². The van der Waals surface area contributed by atoms with Crippen LogP contribution in [0.4, 0.5) is 5.95 Å². The Morgan fingerprint density at radius 2 is 2.15 bits per heavy atom. The first-order valence-corrected chi connectivity index (χ1v) is 6.96. The smallest absolute Gasteiger partial charge is 0.274 e. The molecule has 0 aliphatic rings. The third-order valence-electron chi connectivity index (χ3n) is 2.29. The number of H-pyrrole nitrogens is 1. The van der Waals surface area contributed by atoms with E-state index in [4.69, 9.17) is 0 Å². The quantitative estimate of drug-likeness (QED) is 0.539. The SMILES string of the molecule is Cc1nnc(N/N=C/c2cc(Br)cc(Br)c2O)[nH]c1=O. The van der Waals surface area contributed by atoms with Crippen molar-refractivity contribution < 1.29 is 5.11 Å². The number of aromatic hydroxyl groups is 1. The summed E-state index contributed by atoms with van der Waals surface area (Å²) in [6, 6.07) is 3.40. The number of aryl methyl sites for hydroxylation is 1. The van der Waals surface area contributed by atoms with Crippen LogP contribution in [-0.2, 0) is 0 Å². The van der Waals surface area contributed by atoms with Gasteiger partial charge in [0.1, 0.15) is 11.4 Å². The van der Waals surface area contributed by atoms with Crippen molar-refractivity contribution in [2.24, 2.45) is 5.10 Å². The minimum atomic E-state index is -0.342. The maximum absolute atomic E-state index is 11.3. The monoisotopic (exact) mass is 401 g/mol. The molecule has 0 bridgehead atoms. The Labute approximate surface area is 130 Å². The predicted molar refractivity (Wildman–Crippen MR) is 82.1 cm³/mol. The van der Waals surface area contributed by atoms with E-state index in [-0.39, 0.29) is 23.0 Å². The summed E-state index contributed by atoms with van der Waals surface area (Å²) in [4.78, 5) is 13.8. The summed E-state index contributed by atoms with van der Waals surface area (Å²) in [6.45, 7) is 1.55. The van der Waals surface area contributed by atoms with Crippen LogP contribution in [0.15, 0.2) is 31.0 Å². The molecule has 0 saturated carbocycles. The van der Waals surface area contributed by atoms with E-state index in [9.17, 15) is 9.90 Å². The van der Waals surface area contributed by atoms with Gasteiger partial charge in [0.05, 0.1) is 10.7 Å². The van der Waals surface area contributed by atoms with Crippen molar-refractivity contribution in [2.75, 3.05) is 5.43 Å². The standard InChI is InChI=1S/C11H9Br2N5O2/c1-5-10(20)15-11(18-16-5)17-14-4-6-2-7(12)3-8(13)9(6)19/h2-4,19H,1H3,(H2,15,17,18,20)/b14-4+. The number of benzene rings is 1. The molecular weight excluding hydrogens is 394 g/mol. The van der Waals surface area contributed by atoms with E-state index in [2.05, 4.69) is 57.6 Å². The third-order valence-corrected chi connectivity index (χ3v) is 3.35. The third kappa shape index (κ3) is 3.42. The van der Waals surface area contributed by atoms with Gasteiger partial charge in [-0.25, -0.2) is 5.43 Å². The molecule has 1 aromatic carbocycles. The predicted octanol–water partition coefficient (Wildman–Crippen LogP) is 2.15. The lowest BCUT2D eigenvalue weighted by Gasteiger charge is -2.03. The number of hydrogen-bond acceptors (Lipinski definition) is 6. The van der Waals surface area contributed by atoms with Crippen LogP contribution in [0, 0.1) is 6.92 Å². The maximum atomic E-state index is 11.3. The number of hydrazone groups is 1. The second-order valence-electron chi connectivity index (χ2n) is 3.78. The fourth-order valence-corrected chi connectivity index (χ4v) is 2.55. The molecular formula is C11H9Br2N5O2. The van der Waals surface area contributed by atoms with Gasteiger partial charge in [0.2, 0.25) is 5.95 Å². The van der Waals surface area contributed by atoms with E-state index in [1.807, 2.05) is 0 Å². The average Bonchev–Trinajstić information content (AvgIpc) is 2.39. The van der Waals surface area contributed by atoms with Gasteiger partial charge in [-0.1, -0.05) is 15.9 Å². The van der Waals surface area contributed by atoms with Gasteiger partial charge >= 0.3 is 0 Å². The van der Waals surface area contributed by atoms with Crippen molar-refractivity contribution >= 4 is 44.0 Å². The highest BCUT2D eigenvalue weighted by Crippen LogP contribution is 2.30. The Balaban J connectivity index is 2.18. The van der Waals surface area contributed by atoms with Gasteiger partial charge < -0.3 is 5.11 Å². The van der Waals surface area contributed by atoms with Crippen LogP contribution < -0.4 is 11.0 Å². The van der Waals surface area contributed by atoms with Crippen molar-refractivity contribution in [3.8, 4) is 5.75 Å². The molecule has 1 heterocycles. The van der Waals surface area contributed by atoms with Crippen molar-refractivity contribution in [1.82, 2.24) is 15.2 Å². The number of phenols is 1. The first-order valence-electron chi connectivity index (χ1n) is 5.38. The number of halogens is 2. The minimum absolute atomic E-state index is 0.0576. The van der Waals surface area contributed by atoms with Gasteiger partial charge in [0.15, 0.2) is 0 Å². The number of rotatable bonds is 3. The normalized spacial score (nSPS) is 10.9. The zero-order valence-corrected chi connectivity index (χ0v) is 13.4. The van der Waals surface area contributed by atoms with Crippen molar-refractivity contribution in [1.29, 1.82) is 0 Å². The molecule has 9 heteroatoms. The van der Waals surface area contributed by atoms with Crippen LogP contribution in [0.3, 0.4) is 0 Å². The molecule has 0 aliphatic heterocycles. The minimum Gasteiger partial charge on any atom is -0.506 e. The average molecular weight is 403 g/mol. The van der Waals surface area contributed by atoms with Crippen LogP contribution in [-0.4, -0.2) is 26.5 Å². The Bertz CT molecular complexity index is 729. The number of nitrogens with zero attached hydrogens (tertiary/aromatic N) is 3. The highest BCUT2D eigenvalue weighted by atomic mass is 79.9. The summed E-state index contributed by atoms with van der Waals surface area (Å²) in [6.07, 6.45) is 1.39. The first kappa shape index (κ1) is 14.7. The number of hydrogen-bond donors (Lipinski definition) is 3. The Morgan fingerprint density at radius 1 is 1.40 bits per heavy atom. The highest BCUT2D eigenvalue weighted by Gasteiger charge is 2.05. The number of nitrogens with one attached hydrogen (secondary N) is 2. The zero-order valence-electron chi connectivity index (χ0n) is 10.2.